The number of allylic oxidation sites excluding steroid dienone is 3. The SMILES string of the molecule is CCC(=O)N1CCN(/C(N)=C/C=C(/C)N)CC1. The zero-order chi connectivity index (χ0) is 12.8. The summed E-state index contributed by atoms with van der Waals surface area (Å²) in [6, 6.07) is 0. The van der Waals surface area contributed by atoms with E-state index in [1.807, 2.05) is 24.8 Å². The molecule has 0 atom stereocenters. The van der Waals surface area contributed by atoms with Crippen LogP contribution in [-0.4, -0.2) is 41.9 Å². The highest BCUT2D eigenvalue weighted by Crippen LogP contribution is 2.07. The molecular formula is C12H22N4O. The van der Waals surface area contributed by atoms with E-state index >= 15 is 0 Å². The monoisotopic (exact) mass is 238 g/mol. The van der Waals surface area contributed by atoms with Gasteiger partial charge in [-0.15, -0.1) is 0 Å². The normalized spacial score (nSPS) is 18.5. The van der Waals surface area contributed by atoms with Gasteiger partial charge in [0, 0.05) is 38.3 Å². The van der Waals surface area contributed by atoms with Gasteiger partial charge in [0.15, 0.2) is 0 Å². The molecular weight excluding hydrogens is 216 g/mol. The van der Waals surface area contributed by atoms with Gasteiger partial charge in [0.1, 0.15) is 0 Å². The van der Waals surface area contributed by atoms with Crippen molar-refractivity contribution in [3.63, 3.8) is 0 Å². The summed E-state index contributed by atoms with van der Waals surface area (Å²) in [7, 11) is 0. The van der Waals surface area contributed by atoms with E-state index in [1.54, 1.807) is 6.08 Å². The molecule has 5 nitrogen and oxygen atoms in total. The van der Waals surface area contributed by atoms with E-state index in [-0.39, 0.29) is 5.91 Å². The van der Waals surface area contributed by atoms with Crippen molar-refractivity contribution < 1.29 is 4.79 Å². The van der Waals surface area contributed by atoms with Crippen molar-refractivity contribution in [1.82, 2.24) is 9.80 Å². The number of carbonyl (C=O) groups excluding carboxylic acids is 1. The third kappa shape index (κ3) is 4.01. The number of nitrogens with two attached hydrogens (primary N) is 2. The average molecular weight is 238 g/mol. The van der Waals surface area contributed by atoms with Crippen molar-refractivity contribution in [2.75, 3.05) is 26.2 Å². The van der Waals surface area contributed by atoms with Crippen LogP contribution in [0.5, 0.6) is 0 Å². The van der Waals surface area contributed by atoms with Crippen LogP contribution in [0.3, 0.4) is 0 Å². The van der Waals surface area contributed by atoms with Crippen molar-refractivity contribution in [1.29, 1.82) is 0 Å². The second-order valence-corrected chi connectivity index (χ2v) is 4.22. The Kier molecular flexibility index (Phi) is 4.87. The fourth-order valence-corrected chi connectivity index (χ4v) is 1.76. The fraction of sp³-hybridized carbons (Fsp3) is 0.583. The van der Waals surface area contributed by atoms with E-state index in [0.717, 1.165) is 31.9 Å². The molecule has 1 fully saturated rings. The van der Waals surface area contributed by atoms with E-state index in [1.165, 1.54) is 0 Å². The second kappa shape index (κ2) is 6.18. The number of hydrogen-bond acceptors (Lipinski definition) is 4. The van der Waals surface area contributed by atoms with E-state index in [4.69, 9.17) is 11.5 Å². The van der Waals surface area contributed by atoms with Crippen molar-refractivity contribution >= 4 is 5.91 Å². The maximum Gasteiger partial charge on any atom is 0.222 e. The summed E-state index contributed by atoms with van der Waals surface area (Å²) in [6.45, 7) is 6.76. The summed E-state index contributed by atoms with van der Waals surface area (Å²) in [5, 5.41) is 0. The summed E-state index contributed by atoms with van der Waals surface area (Å²) in [5.74, 6) is 0.920. The van der Waals surface area contributed by atoms with Gasteiger partial charge >= 0.3 is 0 Å². The van der Waals surface area contributed by atoms with Crippen LogP contribution in [0.2, 0.25) is 0 Å². The molecule has 0 radical (unpaired) electrons. The van der Waals surface area contributed by atoms with Gasteiger partial charge in [-0.3, -0.25) is 4.79 Å². The summed E-state index contributed by atoms with van der Waals surface area (Å²) in [4.78, 5) is 15.4. The quantitative estimate of drug-likeness (QED) is 0.689. The Morgan fingerprint density at radius 1 is 1.12 bits per heavy atom. The standard InChI is InChI=1S/C12H22N4O/c1-3-12(17)16-8-6-15(7-9-16)11(14)5-4-10(2)13/h4-5H,3,6-9,13-14H2,1-2H3/b10-4-,11-5+. The summed E-state index contributed by atoms with van der Waals surface area (Å²) < 4.78 is 0. The van der Waals surface area contributed by atoms with Gasteiger partial charge in [0.2, 0.25) is 5.91 Å². The Balaban J connectivity index is 2.49. The smallest absolute Gasteiger partial charge is 0.222 e. The van der Waals surface area contributed by atoms with Crippen LogP contribution >= 0.6 is 0 Å². The average Bonchev–Trinajstić information content (AvgIpc) is 2.35. The molecule has 1 aliphatic heterocycles. The molecule has 4 N–H and O–H groups in total. The van der Waals surface area contributed by atoms with Crippen molar-refractivity contribution in [3.05, 3.63) is 23.7 Å². The number of nitrogens with zero attached hydrogens (tertiary/aromatic N) is 2. The lowest BCUT2D eigenvalue weighted by Crippen LogP contribution is -2.49. The third-order valence-electron chi connectivity index (χ3n) is 2.82. The molecule has 0 bridgehead atoms. The molecule has 1 saturated heterocycles. The largest absolute Gasteiger partial charge is 0.402 e. The van der Waals surface area contributed by atoms with Crippen LogP contribution in [-0.2, 0) is 4.79 Å². The Hall–Kier alpha value is -1.65. The molecule has 5 heteroatoms. The lowest BCUT2D eigenvalue weighted by Gasteiger charge is -2.35. The zero-order valence-corrected chi connectivity index (χ0v) is 10.6. The predicted molar refractivity (Wildman–Crippen MR) is 68.7 cm³/mol. The molecule has 1 amide bonds. The zero-order valence-electron chi connectivity index (χ0n) is 10.6. The lowest BCUT2D eigenvalue weighted by molar-refractivity contribution is -0.132. The first kappa shape index (κ1) is 13.4. The van der Waals surface area contributed by atoms with Crippen LogP contribution in [0, 0.1) is 0 Å². The minimum Gasteiger partial charge on any atom is -0.402 e. The van der Waals surface area contributed by atoms with Crippen LogP contribution in [0.25, 0.3) is 0 Å². The van der Waals surface area contributed by atoms with E-state index in [0.29, 0.717) is 12.2 Å². The maximum absolute atomic E-state index is 11.5. The van der Waals surface area contributed by atoms with Gasteiger partial charge < -0.3 is 21.3 Å². The molecule has 0 aromatic rings. The minimum atomic E-state index is 0.213. The van der Waals surface area contributed by atoms with Crippen molar-refractivity contribution in [2.24, 2.45) is 11.5 Å². The molecule has 0 aliphatic carbocycles. The van der Waals surface area contributed by atoms with Gasteiger partial charge in [-0.25, -0.2) is 0 Å². The lowest BCUT2D eigenvalue weighted by atomic mass is 10.3. The van der Waals surface area contributed by atoms with Crippen LogP contribution < -0.4 is 11.5 Å². The van der Waals surface area contributed by atoms with Crippen LogP contribution in [0.4, 0.5) is 0 Å². The van der Waals surface area contributed by atoms with Crippen molar-refractivity contribution in [2.45, 2.75) is 20.3 Å². The molecule has 1 aliphatic rings. The molecule has 0 spiro atoms. The number of rotatable bonds is 3. The van der Waals surface area contributed by atoms with Gasteiger partial charge in [0.25, 0.3) is 0 Å². The molecule has 0 aromatic heterocycles. The second-order valence-electron chi connectivity index (χ2n) is 4.22. The maximum atomic E-state index is 11.5. The number of piperazine rings is 1. The minimum absolute atomic E-state index is 0.213. The topological polar surface area (TPSA) is 75.6 Å². The third-order valence-corrected chi connectivity index (χ3v) is 2.82. The van der Waals surface area contributed by atoms with E-state index in [2.05, 4.69) is 4.90 Å². The number of carbonyl (C=O) groups is 1. The highest BCUT2D eigenvalue weighted by Gasteiger charge is 2.19. The Morgan fingerprint density at radius 3 is 2.12 bits per heavy atom. The molecule has 96 valence electrons. The first-order valence-electron chi connectivity index (χ1n) is 5.96. The van der Waals surface area contributed by atoms with Gasteiger partial charge in [0.05, 0.1) is 5.82 Å². The van der Waals surface area contributed by atoms with Gasteiger partial charge in [-0.1, -0.05) is 6.92 Å². The Bertz CT molecular complexity index is 323. The molecule has 0 saturated carbocycles. The van der Waals surface area contributed by atoms with Crippen molar-refractivity contribution in [3.8, 4) is 0 Å². The molecule has 17 heavy (non-hydrogen) atoms. The summed E-state index contributed by atoms with van der Waals surface area (Å²) in [6.07, 6.45) is 4.17. The number of hydrogen-bond donors (Lipinski definition) is 2. The summed E-state index contributed by atoms with van der Waals surface area (Å²) in [5.41, 5.74) is 12.2. The Labute approximate surface area is 103 Å². The predicted octanol–water partition coefficient (Wildman–Crippen LogP) is 0.203. The van der Waals surface area contributed by atoms with Gasteiger partial charge in [-0.2, -0.15) is 0 Å². The molecule has 1 heterocycles. The first-order valence-corrected chi connectivity index (χ1v) is 5.96. The summed E-state index contributed by atoms with van der Waals surface area (Å²) >= 11 is 0. The molecule has 0 unspecified atom stereocenters. The van der Waals surface area contributed by atoms with Crippen LogP contribution in [0.15, 0.2) is 23.7 Å². The van der Waals surface area contributed by atoms with E-state index < -0.39 is 0 Å². The fourth-order valence-electron chi connectivity index (χ4n) is 1.76. The highest BCUT2D eigenvalue weighted by molar-refractivity contribution is 5.75. The highest BCUT2D eigenvalue weighted by atomic mass is 16.2. The Morgan fingerprint density at radius 2 is 1.65 bits per heavy atom. The van der Waals surface area contributed by atoms with Crippen LogP contribution in [0.1, 0.15) is 20.3 Å². The molecule has 1 rings (SSSR count). The first-order chi connectivity index (χ1) is 8.04. The molecule has 0 aromatic carbocycles. The van der Waals surface area contributed by atoms with Gasteiger partial charge in [-0.05, 0) is 19.1 Å². The number of amides is 1. The van der Waals surface area contributed by atoms with E-state index in [9.17, 15) is 4.79 Å².